The van der Waals surface area contributed by atoms with Gasteiger partial charge in [0.05, 0.1) is 0 Å². The third-order valence-electron chi connectivity index (χ3n) is 0. The molecule has 0 atom stereocenters. The minimum atomic E-state index is -2.67. The SMILES string of the molecule is CC(C)(C)C.CC(C)C.CCC.CN(C)C.COC.CS(C)(=O)=O.CS(C)=O.CSC. The molecule has 31 heavy (non-hydrogen) atoms. The molecule has 0 fully saturated rings. The van der Waals surface area contributed by atoms with E-state index in [1.165, 1.54) is 6.42 Å². The van der Waals surface area contributed by atoms with E-state index in [-0.39, 0.29) is 0 Å². The van der Waals surface area contributed by atoms with Crippen LogP contribution in [-0.4, -0.2) is 90.4 Å². The van der Waals surface area contributed by atoms with E-state index in [4.69, 9.17) is 0 Å². The van der Waals surface area contributed by atoms with Gasteiger partial charge in [-0.25, -0.2) is 8.42 Å². The van der Waals surface area contributed by atoms with Gasteiger partial charge in [0.25, 0.3) is 0 Å². The maximum Gasteiger partial charge on any atom is 0.144 e. The fraction of sp³-hybridized carbons (Fsp3) is 1.00. The van der Waals surface area contributed by atoms with Gasteiger partial charge in [0.1, 0.15) is 9.84 Å². The van der Waals surface area contributed by atoms with Gasteiger partial charge in [0.2, 0.25) is 0 Å². The van der Waals surface area contributed by atoms with Crippen molar-refractivity contribution in [3.8, 4) is 0 Å². The number of rotatable bonds is 0. The van der Waals surface area contributed by atoms with Gasteiger partial charge in [-0.3, -0.25) is 4.21 Å². The molecule has 0 aromatic rings. The maximum atomic E-state index is 9.63. The van der Waals surface area contributed by atoms with Crippen LogP contribution in [0.4, 0.5) is 0 Å². The molecule has 0 saturated carbocycles. The van der Waals surface area contributed by atoms with Crippen molar-refractivity contribution in [2.75, 3.05) is 72.9 Å². The number of hydrogen-bond acceptors (Lipinski definition) is 6. The van der Waals surface area contributed by atoms with Crippen molar-refractivity contribution in [2.45, 2.75) is 68.7 Å². The standard InChI is InChI=1S/C5H12.C4H10.C3H9N.C3H8.C2H6O2S.C2H6OS.C2H6O.C2H6S/c1-5(2,3)4;2*1-4(2)3;1-3-2;1-5(2,3)4;1-4(2)3;2*1-3-2/h1-4H3;4H,1-3H3;1-3H3;3H2,1-2H3;1-2H3;1-2H3;2*1-2H3. The summed E-state index contributed by atoms with van der Waals surface area (Å²) in [6.07, 6.45) is 10.9. The van der Waals surface area contributed by atoms with E-state index in [0.29, 0.717) is 5.41 Å². The lowest BCUT2D eigenvalue weighted by Gasteiger charge is -2.05. The summed E-state index contributed by atoms with van der Waals surface area (Å²) in [6.45, 7) is 19.5. The molecule has 202 valence electrons. The van der Waals surface area contributed by atoms with Crippen LogP contribution in [0.25, 0.3) is 0 Å². The first-order valence-electron chi connectivity index (χ1n) is 10.3. The first kappa shape index (κ1) is 53.0. The predicted molar refractivity (Wildman–Crippen MR) is 154 cm³/mol. The van der Waals surface area contributed by atoms with Crippen LogP contribution in [-0.2, 0) is 25.4 Å². The molecule has 0 aliphatic carbocycles. The maximum absolute atomic E-state index is 9.63. The second-order valence-electron chi connectivity index (χ2n) is 9.48. The zero-order valence-corrected chi connectivity index (χ0v) is 27.5. The highest BCUT2D eigenvalue weighted by atomic mass is 32.2. The summed E-state index contributed by atoms with van der Waals surface area (Å²) in [7, 11) is 5.97. The van der Waals surface area contributed by atoms with Crippen molar-refractivity contribution < 1.29 is 17.4 Å². The van der Waals surface area contributed by atoms with Crippen molar-refractivity contribution in [3.63, 3.8) is 0 Å². The van der Waals surface area contributed by atoms with Gasteiger partial charge < -0.3 is 9.64 Å². The molecule has 0 spiro atoms. The third kappa shape index (κ3) is 179000. The summed E-state index contributed by atoms with van der Waals surface area (Å²) in [4.78, 5) is 2.00. The van der Waals surface area contributed by atoms with Gasteiger partial charge >= 0.3 is 0 Å². The summed E-state index contributed by atoms with van der Waals surface area (Å²) in [6, 6.07) is 0. The zero-order chi connectivity index (χ0) is 27.9. The normalized spacial score (nSPS) is 9.00. The van der Waals surface area contributed by atoms with Gasteiger partial charge in [-0.05, 0) is 45.0 Å². The van der Waals surface area contributed by atoms with Gasteiger partial charge in [-0.1, -0.05) is 68.7 Å². The quantitative estimate of drug-likeness (QED) is 0.384. The highest BCUT2D eigenvalue weighted by Gasteiger charge is 1.95. The molecule has 0 unspecified atom stereocenters. The molecule has 0 radical (unpaired) electrons. The lowest BCUT2D eigenvalue weighted by Crippen LogP contribution is -1.99. The van der Waals surface area contributed by atoms with E-state index in [1.54, 1.807) is 38.5 Å². The van der Waals surface area contributed by atoms with Crippen LogP contribution >= 0.6 is 11.8 Å². The minimum Gasteiger partial charge on any atom is -0.388 e. The zero-order valence-electron chi connectivity index (χ0n) is 25.1. The molecule has 0 amide bonds. The van der Waals surface area contributed by atoms with Crippen LogP contribution in [0.1, 0.15) is 68.7 Å². The monoisotopic (exact) mass is 513 g/mol. The molecule has 8 heteroatoms. The second kappa shape index (κ2) is 44.1. The van der Waals surface area contributed by atoms with E-state index in [9.17, 15) is 12.6 Å². The van der Waals surface area contributed by atoms with Crippen LogP contribution in [0.15, 0.2) is 0 Å². The summed E-state index contributed by atoms with van der Waals surface area (Å²) >= 11 is 1.75. The number of thioether (sulfide) groups is 1. The Hall–Kier alpha value is 0.370. The van der Waals surface area contributed by atoms with Crippen molar-refractivity contribution in [2.24, 2.45) is 11.3 Å². The van der Waals surface area contributed by atoms with E-state index in [0.717, 1.165) is 18.4 Å². The van der Waals surface area contributed by atoms with E-state index in [2.05, 4.69) is 67.1 Å². The van der Waals surface area contributed by atoms with Crippen LogP contribution in [0.2, 0.25) is 0 Å². The summed E-state index contributed by atoms with van der Waals surface area (Å²) in [5.74, 6) is 0.833. The highest BCUT2D eigenvalue weighted by Crippen LogP contribution is 2.08. The van der Waals surface area contributed by atoms with Crippen LogP contribution in [0, 0.1) is 11.3 Å². The Bertz CT molecular complexity index is 331. The molecule has 0 N–H and O–H groups in total. The first-order valence-corrected chi connectivity index (χ1v) is 16.2. The van der Waals surface area contributed by atoms with Gasteiger partial charge in [0, 0.05) is 50.0 Å². The van der Waals surface area contributed by atoms with Crippen molar-refractivity contribution in [1.29, 1.82) is 0 Å². The Morgan fingerprint density at radius 1 is 0.903 bits per heavy atom. The molecule has 0 aliphatic heterocycles. The number of methoxy groups -OCH3 is 1. The molecule has 0 heterocycles. The average Bonchev–Trinajstić information content (AvgIpc) is 2.33. The Morgan fingerprint density at radius 3 is 0.903 bits per heavy atom. The molecule has 0 aromatic carbocycles. The largest absolute Gasteiger partial charge is 0.388 e. The van der Waals surface area contributed by atoms with Crippen molar-refractivity contribution in [3.05, 3.63) is 0 Å². The van der Waals surface area contributed by atoms with Gasteiger partial charge in [-0.2, -0.15) is 11.8 Å². The molecule has 0 aliphatic rings. The second-order valence-corrected chi connectivity index (χ2v) is 14.1. The number of hydrogen-bond donors (Lipinski definition) is 0. The number of sulfone groups is 1. The third-order valence-corrected chi connectivity index (χ3v) is 0. The molecule has 0 bridgehead atoms. The fourth-order valence-electron chi connectivity index (χ4n) is 0. The highest BCUT2D eigenvalue weighted by molar-refractivity contribution is 7.97. The molecule has 0 aromatic heterocycles. The first-order chi connectivity index (χ1) is 13.4. The molecule has 0 rings (SSSR count). The van der Waals surface area contributed by atoms with E-state index < -0.39 is 20.6 Å². The summed E-state index contributed by atoms with van der Waals surface area (Å²) in [5, 5.41) is 0. The Kier molecular flexibility index (Phi) is 75.4. The molecule has 0 saturated heterocycles. The van der Waals surface area contributed by atoms with Crippen LogP contribution in [0.3, 0.4) is 0 Å². The topological polar surface area (TPSA) is 63.7 Å². The van der Waals surface area contributed by atoms with Gasteiger partial charge in [0.15, 0.2) is 0 Å². The minimum absolute atomic E-state index is 0.500. The lowest BCUT2D eigenvalue weighted by atomic mass is 10.0. The number of nitrogens with zero attached hydrogens (tertiary/aromatic N) is 1. The Morgan fingerprint density at radius 2 is 0.903 bits per heavy atom. The lowest BCUT2D eigenvalue weighted by molar-refractivity contribution is 0.277. The number of ether oxygens (including phenoxy) is 1. The van der Waals surface area contributed by atoms with Crippen LogP contribution in [0.5, 0.6) is 0 Å². The van der Waals surface area contributed by atoms with E-state index >= 15 is 0 Å². The van der Waals surface area contributed by atoms with Gasteiger partial charge in [-0.15, -0.1) is 0 Å². The molecular formula is C23H63NO4S3. The smallest absolute Gasteiger partial charge is 0.144 e. The van der Waals surface area contributed by atoms with E-state index in [1.807, 2.05) is 38.6 Å². The van der Waals surface area contributed by atoms with Crippen molar-refractivity contribution >= 4 is 32.4 Å². The summed E-state index contributed by atoms with van der Waals surface area (Å²) < 4.78 is 33.1. The molecule has 5 nitrogen and oxygen atoms in total. The Balaban J connectivity index is -0.0000000328. The van der Waals surface area contributed by atoms with Crippen LogP contribution < -0.4 is 0 Å². The molecular weight excluding hydrogens is 450 g/mol. The fourth-order valence-corrected chi connectivity index (χ4v) is 0. The van der Waals surface area contributed by atoms with Crippen molar-refractivity contribution in [1.82, 2.24) is 4.90 Å². The summed E-state index contributed by atoms with van der Waals surface area (Å²) in [5.41, 5.74) is 0.500. The Labute approximate surface area is 207 Å². The predicted octanol–water partition coefficient (Wildman–Crippen LogP) is 6.21. The average molecular weight is 514 g/mol.